The Balaban J connectivity index is 3.67. The Kier molecular flexibility index (Phi) is 5.93. The van der Waals surface area contributed by atoms with E-state index in [1.54, 1.807) is 26.0 Å². The molecule has 122 valence electrons. The van der Waals surface area contributed by atoms with Gasteiger partial charge in [-0.1, -0.05) is 17.7 Å². The Morgan fingerprint density at radius 1 is 1.36 bits per heavy atom. The Morgan fingerprint density at radius 3 is 2.36 bits per heavy atom. The summed E-state index contributed by atoms with van der Waals surface area (Å²) >= 11 is 6.11. The molecule has 1 aromatic carbocycles. The number of nitrogens with zero attached hydrogens (tertiary/aromatic N) is 1. The van der Waals surface area contributed by atoms with Crippen molar-refractivity contribution >= 4 is 29.0 Å². The highest BCUT2D eigenvalue weighted by Crippen LogP contribution is 2.36. The standard InChI is InChI=1S/C15H20ClNO5/c1-9-5-6-12(16)10(2)13(9)17(22-4)15(7-8-18,11(3)19)14(20)21/h5-6,18H,7-8H2,1-4H3,(H,20,21). The Hall–Kier alpha value is -1.63. The highest BCUT2D eigenvalue weighted by atomic mass is 35.5. The summed E-state index contributed by atoms with van der Waals surface area (Å²) in [6, 6.07) is 3.40. The van der Waals surface area contributed by atoms with E-state index >= 15 is 0 Å². The van der Waals surface area contributed by atoms with E-state index in [1.165, 1.54) is 7.11 Å². The normalized spacial score (nSPS) is 13.5. The first-order valence-electron chi connectivity index (χ1n) is 6.69. The van der Waals surface area contributed by atoms with Crippen LogP contribution in [0.4, 0.5) is 5.69 Å². The van der Waals surface area contributed by atoms with Gasteiger partial charge in [-0.3, -0.25) is 9.63 Å². The second kappa shape index (κ2) is 7.09. The van der Waals surface area contributed by atoms with E-state index in [4.69, 9.17) is 16.4 Å². The third-order valence-corrected chi connectivity index (χ3v) is 4.12. The summed E-state index contributed by atoms with van der Waals surface area (Å²) in [4.78, 5) is 29.2. The lowest BCUT2D eigenvalue weighted by atomic mass is 9.89. The fourth-order valence-electron chi connectivity index (χ4n) is 2.49. The monoisotopic (exact) mass is 329 g/mol. The first kappa shape index (κ1) is 18.4. The molecule has 0 saturated heterocycles. The van der Waals surface area contributed by atoms with Gasteiger partial charge in [0.25, 0.3) is 0 Å². The summed E-state index contributed by atoms with van der Waals surface area (Å²) in [5, 5.41) is 20.4. The van der Waals surface area contributed by atoms with E-state index in [2.05, 4.69) is 0 Å². The van der Waals surface area contributed by atoms with Gasteiger partial charge in [-0.15, -0.1) is 0 Å². The number of hydrogen-bond acceptors (Lipinski definition) is 5. The van der Waals surface area contributed by atoms with Gasteiger partial charge in [0, 0.05) is 18.1 Å². The summed E-state index contributed by atoms with van der Waals surface area (Å²) in [6.07, 6.45) is -0.309. The maximum absolute atomic E-state index is 12.1. The van der Waals surface area contributed by atoms with Gasteiger partial charge in [-0.2, -0.15) is 0 Å². The van der Waals surface area contributed by atoms with Crippen LogP contribution in [0.2, 0.25) is 5.02 Å². The van der Waals surface area contributed by atoms with Gasteiger partial charge in [0.05, 0.1) is 12.8 Å². The number of carboxylic acid groups (broad SMARTS) is 1. The zero-order valence-electron chi connectivity index (χ0n) is 13.0. The fourth-order valence-corrected chi connectivity index (χ4v) is 2.64. The van der Waals surface area contributed by atoms with Gasteiger partial charge >= 0.3 is 5.97 Å². The molecular formula is C15H20ClNO5. The van der Waals surface area contributed by atoms with Crippen molar-refractivity contribution in [3.05, 3.63) is 28.3 Å². The van der Waals surface area contributed by atoms with Crippen molar-refractivity contribution in [1.82, 2.24) is 0 Å². The number of benzene rings is 1. The highest BCUT2D eigenvalue weighted by molar-refractivity contribution is 6.31. The van der Waals surface area contributed by atoms with Crippen molar-refractivity contribution in [2.75, 3.05) is 18.8 Å². The summed E-state index contributed by atoms with van der Waals surface area (Å²) in [5.41, 5.74) is -0.327. The number of carboxylic acids is 1. The predicted molar refractivity (Wildman–Crippen MR) is 83.2 cm³/mol. The largest absolute Gasteiger partial charge is 0.479 e. The van der Waals surface area contributed by atoms with Crippen LogP contribution in [0.25, 0.3) is 0 Å². The number of hydrogen-bond donors (Lipinski definition) is 2. The van der Waals surface area contributed by atoms with Gasteiger partial charge in [-0.05, 0) is 38.0 Å². The van der Waals surface area contributed by atoms with Crippen LogP contribution >= 0.6 is 11.6 Å². The fraction of sp³-hybridized carbons (Fsp3) is 0.467. The predicted octanol–water partition coefficient (Wildman–Crippen LogP) is 2.12. The molecule has 0 aromatic heterocycles. The zero-order valence-corrected chi connectivity index (χ0v) is 13.8. The summed E-state index contributed by atoms with van der Waals surface area (Å²) in [7, 11) is 1.28. The number of aliphatic hydroxyl groups is 1. The second-order valence-electron chi connectivity index (χ2n) is 5.01. The minimum atomic E-state index is -2.02. The van der Waals surface area contributed by atoms with Crippen LogP contribution in [0.5, 0.6) is 0 Å². The van der Waals surface area contributed by atoms with Crippen molar-refractivity contribution in [2.45, 2.75) is 32.7 Å². The number of rotatable bonds is 7. The second-order valence-corrected chi connectivity index (χ2v) is 5.42. The minimum Gasteiger partial charge on any atom is -0.479 e. The molecule has 0 spiro atoms. The first-order chi connectivity index (χ1) is 10.2. The van der Waals surface area contributed by atoms with Crippen LogP contribution in [0.15, 0.2) is 12.1 Å². The molecule has 2 N–H and O–H groups in total. The molecule has 0 aliphatic rings. The van der Waals surface area contributed by atoms with E-state index in [0.29, 0.717) is 21.8 Å². The lowest BCUT2D eigenvalue weighted by molar-refractivity contribution is -0.152. The Morgan fingerprint density at radius 2 is 1.95 bits per heavy atom. The molecule has 6 nitrogen and oxygen atoms in total. The van der Waals surface area contributed by atoms with Crippen molar-refractivity contribution < 1.29 is 24.6 Å². The van der Waals surface area contributed by atoms with Crippen molar-refractivity contribution in [2.24, 2.45) is 0 Å². The minimum absolute atomic E-state index is 0.309. The molecule has 7 heteroatoms. The average Bonchev–Trinajstić information content (AvgIpc) is 2.45. The van der Waals surface area contributed by atoms with Crippen LogP contribution in [-0.2, 0) is 14.4 Å². The molecule has 0 aliphatic carbocycles. The molecule has 0 fully saturated rings. The summed E-state index contributed by atoms with van der Waals surface area (Å²) in [6.45, 7) is 4.15. The molecule has 22 heavy (non-hydrogen) atoms. The molecule has 1 unspecified atom stereocenters. The van der Waals surface area contributed by atoms with Crippen LogP contribution in [0, 0.1) is 13.8 Å². The topological polar surface area (TPSA) is 87.1 Å². The number of carbonyl (C=O) groups excluding carboxylic acids is 1. The third kappa shape index (κ3) is 2.95. The van der Waals surface area contributed by atoms with Gasteiger partial charge in [-0.25, -0.2) is 9.86 Å². The number of aliphatic carboxylic acids is 1. The number of ketones is 1. The zero-order chi connectivity index (χ0) is 17.1. The van der Waals surface area contributed by atoms with E-state index < -0.39 is 23.9 Å². The quantitative estimate of drug-likeness (QED) is 0.588. The number of halogens is 1. The van der Waals surface area contributed by atoms with Crippen molar-refractivity contribution in [1.29, 1.82) is 0 Å². The lowest BCUT2D eigenvalue weighted by Crippen LogP contribution is -2.60. The van der Waals surface area contributed by atoms with Crippen LogP contribution < -0.4 is 5.06 Å². The first-order valence-corrected chi connectivity index (χ1v) is 7.07. The molecule has 0 bridgehead atoms. The molecule has 1 aromatic rings. The van der Waals surface area contributed by atoms with Gasteiger partial charge < -0.3 is 10.2 Å². The van der Waals surface area contributed by atoms with Crippen LogP contribution in [-0.4, -0.2) is 41.2 Å². The Labute approximate surface area is 134 Å². The molecular weight excluding hydrogens is 310 g/mol. The number of Topliss-reactive ketones (excluding diaryl/α,β-unsaturated/α-hetero) is 1. The molecule has 0 amide bonds. The van der Waals surface area contributed by atoms with E-state index in [0.717, 1.165) is 12.0 Å². The smallest absolute Gasteiger partial charge is 0.339 e. The highest BCUT2D eigenvalue weighted by Gasteiger charge is 2.50. The number of hydroxylamine groups is 1. The molecule has 0 aliphatic heterocycles. The summed E-state index contributed by atoms with van der Waals surface area (Å²) < 4.78 is 0. The number of anilines is 1. The third-order valence-electron chi connectivity index (χ3n) is 3.71. The molecule has 1 rings (SSSR count). The summed E-state index contributed by atoms with van der Waals surface area (Å²) in [5.74, 6) is -2.04. The van der Waals surface area contributed by atoms with Crippen molar-refractivity contribution in [3.8, 4) is 0 Å². The number of carbonyl (C=O) groups is 2. The van der Waals surface area contributed by atoms with Crippen LogP contribution in [0.3, 0.4) is 0 Å². The van der Waals surface area contributed by atoms with Gasteiger partial charge in [0.1, 0.15) is 0 Å². The van der Waals surface area contributed by atoms with Gasteiger partial charge in [0.15, 0.2) is 5.78 Å². The van der Waals surface area contributed by atoms with E-state index in [9.17, 15) is 19.8 Å². The van der Waals surface area contributed by atoms with Crippen molar-refractivity contribution in [3.63, 3.8) is 0 Å². The van der Waals surface area contributed by atoms with Gasteiger partial charge in [0.2, 0.25) is 5.54 Å². The molecule has 0 saturated carbocycles. The average molecular weight is 330 g/mol. The molecule has 0 radical (unpaired) electrons. The van der Waals surface area contributed by atoms with E-state index in [1.807, 2.05) is 0 Å². The molecule has 1 atom stereocenters. The number of aliphatic hydroxyl groups excluding tert-OH is 1. The maximum atomic E-state index is 12.1. The maximum Gasteiger partial charge on any atom is 0.339 e. The number of aryl methyl sites for hydroxylation is 1. The Bertz CT molecular complexity index is 574. The van der Waals surface area contributed by atoms with E-state index in [-0.39, 0.29) is 6.42 Å². The lowest BCUT2D eigenvalue weighted by Gasteiger charge is -2.39. The molecule has 0 heterocycles. The SMILES string of the molecule is CON(c1c(C)ccc(Cl)c1C)C(CCO)(C(C)=O)C(=O)O. The van der Waals surface area contributed by atoms with Crippen LogP contribution in [0.1, 0.15) is 24.5 Å².